The number of nitrogens with zero attached hydrogens (tertiary/aromatic N) is 3. The number of aryl methyl sites for hydroxylation is 1. The number of hydrogen-bond acceptors (Lipinski definition) is 7. The van der Waals surface area contributed by atoms with E-state index in [9.17, 15) is 13.2 Å². The Kier molecular flexibility index (Phi) is 6.80. The van der Waals surface area contributed by atoms with Crippen molar-refractivity contribution in [1.29, 1.82) is 0 Å². The van der Waals surface area contributed by atoms with Gasteiger partial charge in [0, 0.05) is 30.7 Å². The van der Waals surface area contributed by atoms with Gasteiger partial charge in [-0.25, -0.2) is 22.7 Å². The summed E-state index contributed by atoms with van der Waals surface area (Å²) in [5.74, 6) is -0.0466. The first kappa shape index (κ1) is 23.4. The maximum absolute atomic E-state index is 12.5. The molecule has 4 aromatic rings. The molecule has 0 aliphatic heterocycles. The normalized spacial score (nSPS) is 11.8. The lowest BCUT2D eigenvalue weighted by molar-refractivity contribution is -0.113. The number of benzene rings is 2. The van der Waals surface area contributed by atoms with Gasteiger partial charge in [0.15, 0.2) is 0 Å². The van der Waals surface area contributed by atoms with Crippen molar-refractivity contribution in [2.45, 2.75) is 16.8 Å². The van der Waals surface area contributed by atoms with Crippen LogP contribution in [0.5, 0.6) is 0 Å². The second-order valence-corrected chi connectivity index (χ2v) is 11.5. The monoisotopic (exact) mass is 498 g/mol. The van der Waals surface area contributed by atoms with Crippen LogP contribution in [0.25, 0.3) is 21.3 Å². The zero-order valence-corrected chi connectivity index (χ0v) is 20.7. The molecular weight excluding hydrogens is 476 g/mol. The topological polar surface area (TPSA) is 92.3 Å². The minimum Gasteiger partial charge on any atom is -0.325 e. The second-order valence-electron chi connectivity index (χ2n) is 7.52. The van der Waals surface area contributed by atoms with Crippen molar-refractivity contribution in [3.8, 4) is 11.1 Å². The Morgan fingerprint density at radius 1 is 1.06 bits per heavy atom. The molecule has 0 spiro atoms. The van der Waals surface area contributed by atoms with Gasteiger partial charge in [-0.05, 0) is 36.8 Å². The number of hydrogen-bond donors (Lipinski definition) is 1. The van der Waals surface area contributed by atoms with Crippen molar-refractivity contribution in [3.63, 3.8) is 0 Å². The minimum absolute atomic E-state index is 0.160. The average Bonchev–Trinajstić information content (AvgIpc) is 3.23. The van der Waals surface area contributed by atoms with Crippen molar-refractivity contribution in [2.75, 3.05) is 25.2 Å². The molecule has 2 aromatic carbocycles. The van der Waals surface area contributed by atoms with E-state index in [-0.39, 0.29) is 16.6 Å². The third-order valence-corrected chi connectivity index (χ3v) is 8.66. The van der Waals surface area contributed by atoms with E-state index in [1.807, 2.05) is 6.92 Å². The Balaban J connectivity index is 1.48. The molecule has 2 aromatic heterocycles. The quantitative estimate of drug-likeness (QED) is 0.295. The van der Waals surface area contributed by atoms with E-state index in [4.69, 9.17) is 0 Å². The lowest BCUT2D eigenvalue weighted by Gasteiger charge is -2.12. The molecule has 0 aliphatic carbocycles. The fourth-order valence-corrected chi connectivity index (χ4v) is 5.85. The van der Waals surface area contributed by atoms with Gasteiger partial charge in [-0.3, -0.25) is 4.79 Å². The van der Waals surface area contributed by atoms with Crippen LogP contribution in [0.1, 0.15) is 5.56 Å². The van der Waals surface area contributed by atoms with Crippen molar-refractivity contribution in [3.05, 3.63) is 65.8 Å². The maximum atomic E-state index is 12.5. The first-order valence-corrected chi connectivity index (χ1v) is 13.3. The van der Waals surface area contributed by atoms with Gasteiger partial charge < -0.3 is 5.32 Å². The molecule has 7 nitrogen and oxygen atoms in total. The van der Waals surface area contributed by atoms with Gasteiger partial charge in [-0.2, -0.15) is 0 Å². The van der Waals surface area contributed by atoms with E-state index in [0.717, 1.165) is 30.7 Å². The molecule has 0 saturated carbocycles. The molecule has 10 heteroatoms. The lowest BCUT2D eigenvalue weighted by atomic mass is 10.1. The summed E-state index contributed by atoms with van der Waals surface area (Å²) >= 11 is 2.90. The molecule has 0 unspecified atom stereocenters. The Morgan fingerprint density at radius 2 is 1.76 bits per heavy atom. The second kappa shape index (κ2) is 9.60. The van der Waals surface area contributed by atoms with Gasteiger partial charge in [0.2, 0.25) is 15.9 Å². The van der Waals surface area contributed by atoms with E-state index in [0.29, 0.717) is 5.69 Å². The van der Waals surface area contributed by atoms with Gasteiger partial charge in [0.05, 0.1) is 16.0 Å². The van der Waals surface area contributed by atoms with Crippen LogP contribution in [0.3, 0.4) is 0 Å². The van der Waals surface area contributed by atoms with Gasteiger partial charge in [-0.15, -0.1) is 11.3 Å². The first-order chi connectivity index (χ1) is 15.8. The van der Waals surface area contributed by atoms with Crippen molar-refractivity contribution < 1.29 is 13.2 Å². The molecule has 0 aliphatic rings. The Labute approximate surface area is 200 Å². The van der Waals surface area contributed by atoms with Crippen molar-refractivity contribution in [1.82, 2.24) is 14.3 Å². The fourth-order valence-electron chi connectivity index (χ4n) is 3.15. The number of carbonyl (C=O) groups excluding carboxylic acids is 1. The van der Waals surface area contributed by atoms with Crippen LogP contribution in [0.15, 0.2) is 70.2 Å². The summed E-state index contributed by atoms with van der Waals surface area (Å²) in [5, 5.41) is 6.57. The highest BCUT2D eigenvalue weighted by Gasteiger charge is 2.17. The van der Waals surface area contributed by atoms with Crippen molar-refractivity contribution >= 4 is 54.9 Å². The van der Waals surface area contributed by atoms with Crippen LogP contribution >= 0.6 is 23.1 Å². The highest BCUT2D eigenvalue weighted by atomic mass is 32.2. The maximum Gasteiger partial charge on any atom is 0.242 e. The molecular formula is C23H22N4O3S3. The number of rotatable bonds is 7. The highest BCUT2D eigenvalue weighted by molar-refractivity contribution is 8.00. The molecule has 4 rings (SSSR count). The Morgan fingerprint density at radius 3 is 2.42 bits per heavy atom. The SMILES string of the molecule is Cc1ccc(-c2csc3ncnc(SCC(=O)Nc4ccc(S(=O)(=O)N(C)C)cc4)c23)cc1. The lowest BCUT2D eigenvalue weighted by Crippen LogP contribution is -2.22. The summed E-state index contributed by atoms with van der Waals surface area (Å²) in [5.41, 5.74) is 3.85. The third kappa shape index (κ3) is 5.09. The highest BCUT2D eigenvalue weighted by Crippen LogP contribution is 2.37. The van der Waals surface area contributed by atoms with E-state index in [1.165, 1.54) is 49.9 Å². The summed E-state index contributed by atoms with van der Waals surface area (Å²) in [7, 11) is -0.557. The van der Waals surface area contributed by atoms with Crippen LogP contribution in [0, 0.1) is 6.92 Å². The summed E-state index contributed by atoms with van der Waals surface area (Å²) in [4.78, 5) is 22.4. The molecule has 0 bridgehead atoms. The zero-order chi connectivity index (χ0) is 23.6. The van der Waals surface area contributed by atoms with Gasteiger partial charge in [0.1, 0.15) is 16.2 Å². The number of thioether (sulfide) groups is 1. The van der Waals surface area contributed by atoms with Gasteiger partial charge in [0.25, 0.3) is 0 Å². The van der Waals surface area contributed by atoms with Crippen LogP contribution in [0.2, 0.25) is 0 Å². The summed E-state index contributed by atoms with van der Waals surface area (Å²) in [6, 6.07) is 14.4. The molecule has 33 heavy (non-hydrogen) atoms. The van der Waals surface area contributed by atoms with E-state index in [1.54, 1.807) is 23.5 Å². The standard InChI is InChI=1S/C23H22N4O3S3/c1-15-4-6-16(7-5-15)19-12-31-22-21(19)23(25-14-24-22)32-13-20(28)26-17-8-10-18(11-9-17)33(29,30)27(2)3/h4-12,14H,13H2,1-3H3,(H,26,28). The number of anilines is 1. The number of carbonyl (C=O) groups is 1. The summed E-state index contributed by atoms with van der Waals surface area (Å²) in [6.07, 6.45) is 1.52. The van der Waals surface area contributed by atoms with E-state index >= 15 is 0 Å². The molecule has 0 atom stereocenters. The zero-order valence-electron chi connectivity index (χ0n) is 18.3. The first-order valence-electron chi connectivity index (χ1n) is 10.00. The molecule has 1 amide bonds. The predicted octanol–water partition coefficient (Wildman–Crippen LogP) is 4.65. The van der Waals surface area contributed by atoms with Gasteiger partial charge in [-0.1, -0.05) is 41.6 Å². The minimum atomic E-state index is -3.51. The largest absolute Gasteiger partial charge is 0.325 e. The summed E-state index contributed by atoms with van der Waals surface area (Å²) < 4.78 is 25.5. The van der Waals surface area contributed by atoms with Crippen LogP contribution in [-0.2, 0) is 14.8 Å². The Hall–Kier alpha value is -2.79. The molecule has 2 heterocycles. The van der Waals surface area contributed by atoms with E-state index < -0.39 is 10.0 Å². The van der Waals surface area contributed by atoms with Gasteiger partial charge >= 0.3 is 0 Å². The third-order valence-electron chi connectivity index (χ3n) is 4.95. The smallest absolute Gasteiger partial charge is 0.242 e. The summed E-state index contributed by atoms with van der Waals surface area (Å²) in [6.45, 7) is 2.05. The van der Waals surface area contributed by atoms with Crippen LogP contribution < -0.4 is 5.32 Å². The molecule has 1 N–H and O–H groups in total. The molecule has 0 fully saturated rings. The predicted molar refractivity (Wildman–Crippen MR) is 134 cm³/mol. The number of fused-ring (bicyclic) bond motifs is 1. The number of aromatic nitrogens is 2. The van der Waals surface area contributed by atoms with Crippen molar-refractivity contribution in [2.24, 2.45) is 0 Å². The average molecular weight is 499 g/mol. The molecule has 0 radical (unpaired) electrons. The molecule has 0 saturated heterocycles. The van der Waals surface area contributed by atoms with E-state index in [2.05, 4.69) is 44.9 Å². The van der Waals surface area contributed by atoms with Crippen LogP contribution in [0.4, 0.5) is 5.69 Å². The number of amides is 1. The number of nitrogens with one attached hydrogen (secondary N) is 1. The number of sulfonamides is 1. The number of thiophene rings is 1. The van der Waals surface area contributed by atoms with Crippen LogP contribution in [-0.4, -0.2) is 48.4 Å². The fraction of sp³-hybridized carbons (Fsp3) is 0.174. The Bertz CT molecular complexity index is 1400. The molecule has 170 valence electrons.